The summed E-state index contributed by atoms with van der Waals surface area (Å²) >= 11 is 0. The molecule has 0 aromatic carbocycles. The minimum absolute atomic E-state index is 0.821. The quantitative estimate of drug-likeness (QED) is 0.632. The molecule has 2 heteroatoms. The fourth-order valence-electron chi connectivity index (χ4n) is 3.21. The molecule has 0 N–H and O–H groups in total. The second kappa shape index (κ2) is 4.63. The Morgan fingerprint density at radius 3 is 2.50 bits per heavy atom. The van der Waals surface area contributed by atoms with Gasteiger partial charge in [0.15, 0.2) is 0 Å². The molecule has 0 bridgehead atoms. The summed E-state index contributed by atoms with van der Waals surface area (Å²) in [5, 5.41) is 0. The molecule has 14 heavy (non-hydrogen) atoms. The fraction of sp³-hybridized carbons (Fsp3) is 1.00. The first-order valence-corrected chi connectivity index (χ1v) is 6.19. The molecule has 0 radical (unpaired) electrons. The lowest BCUT2D eigenvalue weighted by Gasteiger charge is -2.43. The largest absolute Gasteiger partial charge is 0.305 e. The number of piperidine rings is 1. The van der Waals surface area contributed by atoms with Crippen LogP contribution in [0.15, 0.2) is 0 Å². The van der Waals surface area contributed by atoms with Gasteiger partial charge in [-0.1, -0.05) is 12.8 Å². The molecular weight excluding hydrogens is 172 g/mol. The average molecular weight is 196 g/mol. The topological polar surface area (TPSA) is 6.48 Å². The lowest BCUT2D eigenvalue weighted by atomic mass is 9.92. The van der Waals surface area contributed by atoms with Crippen molar-refractivity contribution >= 4 is 0 Å². The second-order valence-electron chi connectivity index (χ2n) is 5.13. The monoisotopic (exact) mass is 196 g/mol. The number of hydrogen-bond donors (Lipinski definition) is 0. The first-order valence-electron chi connectivity index (χ1n) is 6.19. The van der Waals surface area contributed by atoms with E-state index >= 15 is 0 Å². The molecule has 0 aromatic rings. The zero-order chi connectivity index (χ0) is 9.97. The highest BCUT2D eigenvalue weighted by Crippen LogP contribution is 2.27. The van der Waals surface area contributed by atoms with Crippen LogP contribution < -0.4 is 0 Å². The molecule has 0 spiro atoms. The Morgan fingerprint density at radius 2 is 1.71 bits per heavy atom. The molecular formula is C12H24N2. The average Bonchev–Trinajstić information content (AvgIpc) is 2.41. The van der Waals surface area contributed by atoms with Crippen LogP contribution in [-0.2, 0) is 0 Å². The van der Waals surface area contributed by atoms with Crippen molar-refractivity contribution in [3.05, 3.63) is 0 Å². The summed E-state index contributed by atoms with van der Waals surface area (Å²) in [5.74, 6) is 0. The molecule has 2 atom stereocenters. The van der Waals surface area contributed by atoms with E-state index in [2.05, 4.69) is 23.9 Å². The zero-order valence-corrected chi connectivity index (χ0v) is 9.71. The molecule has 2 rings (SSSR count). The van der Waals surface area contributed by atoms with Gasteiger partial charge >= 0.3 is 0 Å². The van der Waals surface area contributed by atoms with Gasteiger partial charge in [-0.15, -0.1) is 0 Å². The fourth-order valence-corrected chi connectivity index (χ4v) is 3.21. The van der Waals surface area contributed by atoms with Gasteiger partial charge in [-0.3, -0.25) is 4.90 Å². The smallest absolute Gasteiger partial charge is 0.0251 e. The number of rotatable bonds is 1. The van der Waals surface area contributed by atoms with E-state index in [0.717, 1.165) is 12.1 Å². The van der Waals surface area contributed by atoms with Gasteiger partial charge in [0.2, 0.25) is 0 Å². The van der Waals surface area contributed by atoms with Crippen LogP contribution in [0.25, 0.3) is 0 Å². The van der Waals surface area contributed by atoms with Crippen molar-refractivity contribution in [3.8, 4) is 0 Å². The minimum Gasteiger partial charge on any atom is -0.305 e. The Morgan fingerprint density at radius 1 is 0.929 bits per heavy atom. The summed E-state index contributed by atoms with van der Waals surface area (Å²) in [4.78, 5) is 5.20. The lowest BCUT2D eigenvalue weighted by molar-refractivity contribution is 0.0656. The van der Waals surface area contributed by atoms with Crippen molar-refractivity contribution in [2.75, 3.05) is 27.2 Å². The van der Waals surface area contributed by atoms with Crippen molar-refractivity contribution < 1.29 is 0 Å². The van der Waals surface area contributed by atoms with Crippen molar-refractivity contribution in [1.82, 2.24) is 9.80 Å². The first-order chi connectivity index (χ1) is 6.79. The molecule has 82 valence electrons. The van der Waals surface area contributed by atoms with E-state index in [1.165, 1.54) is 51.6 Å². The van der Waals surface area contributed by atoms with E-state index in [4.69, 9.17) is 0 Å². The van der Waals surface area contributed by atoms with E-state index in [9.17, 15) is 0 Å². The van der Waals surface area contributed by atoms with Crippen molar-refractivity contribution in [1.29, 1.82) is 0 Å². The van der Waals surface area contributed by atoms with E-state index < -0.39 is 0 Å². The van der Waals surface area contributed by atoms with E-state index in [1.807, 2.05) is 0 Å². The Balaban J connectivity index is 2.04. The molecule has 2 aliphatic heterocycles. The summed E-state index contributed by atoms with van der Waals surface area (Å²) < 4.78 is 0. The number of nitrogens with zero attached hydrogens (tertiary/aromatic N) is 2. The molecule has 0 saturated carbocycles. The number of fused-ring (bicyclic) bond motifs is 1. The summed E-state index contributed by atoms with van der Waals surface area (Å²) in [5.41, 5.74) is 0. The SMILES string of the molecule is CN(C)C1CCCN2CCCCCC12. The van der Waals surface area contributed by atoms with Crippen LogP contribution in [0.2, 0.25) is 0 Å². The summed E-state index contributed by atoms with van der Waals surface area (Å²) in [7, 11) is 4.50. The molecule has 2 unspecified atom stereocenters. The predicted molar refractivity (Wildman–Crippen MR) is 60.5 cm³/mol. The Kier molecular flexibility index (Phi) is 3.45. The van der Waals surface area contributed by atoms with Crippen molar-refractivity contribution in [2.45, 2.75) is 50.6 Å². The highest BCUT2D eigenvalue weighted by Gasteiger charge is 2.32. The number of likely N-dealkylation sites (N-methyl/N-ethyl adjacent to an activating group) is 1. The Labute approximate surface area is 88.3 Å². The van der Waals surface area contributed by atoms with E-state index in [1.54, 1.807) is 0 Å². The molecule has 2 nitrogen and oxygen atoms in total. The van der Waals surface area contributed by atoms with Gasteiger partial charge in [0, 0.05) is 12.1 Å². The molecule has 0 aliphatic carbocycles. The van der Waals surface area contributed by atoms with Gasteiger partial charge in [-0.2, -0.15) is 0 Å². The van der Waals surface area contributed by atoms with E-state index in [0.29, 0.717) is 0 Å². The summed E-state index contributed by atoms with van der Waals surface area (Å²) in [6.07, 6.45) is 8.58. The zero-order valence-electron chi connectivity index (χ0n) is 9.71. The summed E-state index contributed by atoms with van der Waals surface area (Å²) in [6, 6.07) is 1.68. The standard InChI is InChI=1S/C12H24N2/c1-13(2)11-8-6-10-14-9-5-3-4-7-12(11)14/h11-12H,3-10H2,1-2H3. The maximum atomic E-state index is 2.75. The van der Waals surface area contributed by atoms with Crippen molar-refractivity contribution in [3.63, 3.8) is 0 Å². The third kappa shape index (κ3) is 2.12. The third-order valence-electron chi connectivity index (χ3n) is 3.97. The first kappa shape index (κ1) is 10.4. The van der Waals surface area contributed by atoms with Gasteiger partial charge in [-0.25, -0.2) is 0 Å². The lowest BCUT2D eigenvalue weighted by Crippen LogP contribution is -2.53. The van der Waals surface area contributed by atoms with Crippen LogP contribution in [-0.4, -0.2) is 49.1 Å². The minimum atomic E-state index is 0.821. The third-order valence-corrected chi connectivity index (χ3v) is 3.97. The molecule has 2 heterocycles. The van der Waals surface area contributed by atoms with Gasteiger partial charge in [0.1, 0.15) is 0 Å². The van der Waals surface area contributed by atoms with Crippen LogP contribution in [0.5, 0.6) is 0 Å². The number of hydrogen-bond acceptors (Lipinski definition) is 2. The molecule has 0 aromatic heterocycles. The van der Waals surface area contributed by atoms with Crippen LogP contribution in [0.1, 0.15) is 38.5 Å². The maximum absolute atomic E-state index is 2.75. The van der Waals surface area contributed by atoms with Crippen LogP contribution in [0.3, 0.4) is 0 Å². The van der Waals surface area contributed by atoms with Crippen molar-refractivity contribution in [2.24, 2.45) is 0 Å². The molecule has 2 fully saturated rings. The Hall–Kier alpha value is -0.0800. The molecule has 2 aliphatic rings. The van der Waals surface area contributed by atoms with Crippen LogP contribution >= 0.6 is 0 Å². The summed E-state index contributed by atoms with van der Waals surface area (Å²) in [6.45, 7) is 2.71. The van der Waals surface area contributed by atoms with Gasteiger partial charge in [-0.05, 0) is 52.9 Å². The van der Waals surface area contributed by atoms with Gasteiger partial charge in [0.25, 0.3) is 0 Å². The molecule has 2 saturated heterocycles. The van der Waals surface area contributed by atoms with Crippen LogP contribution in [0.4, 0.5) is 0 Å². The Bertz CT molecular complexity index is 179. The normalized spacial score (nSPS) is 35.4. The van der Waals surface area contributed by atoms with Gasteiger partial charge < -0.3 is 4.90 Å². The predicted octanol–water partition coefficient (Wildman–Crippen LogP) is 1.95. The highest BCUT2D eigenvalue weighted by atomic mass is 15.2. The maximum Gasteiger partial charge on any atom is 0.0251 e. The van der Waals surface area contributed by atoms with Crippen LogP contribution in [0, 0.1) is 0 Å². The van der Waals surface area contributed by atoms with Gasteiger partial charge in [0.05, 0.1) is 0 Å². The molecule has 0 amide bonds. The van der Waals surface area contributed by atoms with E-state index in [-0.39, 0.29) is 0 Å². The highest BCUT2D eigenvalue weighted by molar-refractivity contribution is 4.90. The second-order valence-corrected chi connectivity index (χ2v) is 5.13.